The van der Waals surface area contributed by atoms with E-state index in [9.17, 15) is 0 Å². The summed E-state index contributed by atoms with van der Waals surface area (Å²) in [5.41, 5.74) is 1.61. The Morgan fingerprint density at radius 3 is 2.87 bits per heavy atom. The van der Waals surface area contributed by atoms with Crippen molar-refractivity contribution in [3.8, 4) is 28.8 Å². The molecule has 154 valence electrons. The highest BCUT2D eigenvalue weighted by Crippen LogP contribution is 2.37. The van der Waals surface area contributed by atoms with Crippen LogP contribution in [0.4, 0.5) is 11.6 Å². The fraction of sp³-hybridized carbons (Fsp3) is 0.316. The highest BCUT2D eigenvalue weighted by Gasteiger charge is 2.19. The second kappa shape index (κ2) is 9.17. The standard InChI is InChI=1S/C19H20N8O3/c1-28-15-8-22-9-16(30-11-13-7-21-2-3-29-13)19(15)14-4-17(27-26-14)25-18-10-23-12(5-20)6-24-18/h4,6,8-10,13,21H,2-3,7,11H2,1H3,(H2,24,25,26,27)/t13-/m0/s1. The van der Waals surface area contributed by atoms with Crippen molar-refractivity contribution in [3.63, 3.8) is 0 Å². The molecule has 1 atom stereocenters. The SMILES string of the molecule is COc1cncc(OC[C@@H]2CNCCO2)c1-c1cc(Nc2cnc(C#N)cn2)n[nH]1. The Morgan fingerprint density at radius 1 is 1.23 bits per heavy atom. The summed E-state index contributed by atoms with van der Waals surface area (Å²) < 4.78 is 17.2. The quantitative estimate of drug-likeness (QED) is 0.522. The van der Waals surface area contributed by atoms with E-state index >= 15 is 0 Å². The van der Waals surface area contributed by atoms with E-state index in [0.29, 0.717) is 47.6 Å². The molecular weight excluding hydrogens is 388 g/mol. The number of pyridine rings is 1. The second-order valence-corrected chi connectivity index (χ2v) is 6.41. The van der Waals surface area contributed by atoms with Gasteiger partial charge in [0.25, 0.3) is 0 Å². The van der Waals surface area contributed by atoms with E-state index in [-0.39, 0.29) is 11.8 Å². The van der Waals surface area contributed by atoms with Crippen LogP contribution in [-0.2, 0) is 4.74 Å². The number of nitrogens with zero attached hydrogens (tertiary/aromatic N) is 5. The van der Waals surface area contributed by atoms with E-state index in [2.05, 4.69) is 35.8 Å². The Balaban J connectivity index is 1.54. The number of anilines is 2. The molecule has 4 rings (SSSR count). The van der Waals surface area contributed by atoms with Crippen LogP contribution in [0.5, 0.6) is 11.5 Å². The summed E-state index contributed by atoms with van der Waals surface area (Å²) in [4.78, 5) is 12.3. The lowest BCUT2D eigenvalue weighted by Crippen LogP contribution is -2.41. The first-order valence-corrected chi connectivity index (χ1v) is 9.29. The van der Waals surface area contributed by atoms with Crippen molar-refractivity contribution < 1.29 is 14.2 Å². The monoisotopic (exact) mass is 408 g/mol. The first kappa shape index (κ1) is 19.6. The van der Waals surface area contributed by atoms with Gasteiger partial charge in [0.15, 0.2) is 17.3 Å². The lowest BCUT2D eigenvalue weighted by Gasteiger charge is -2.24. The molecule has 0 unspecified atom stereocenters. The van der Waals surface area contributed by atoms with E-state index in [4.69, 9.17) is 19.5 Å². The van der Waals surface area contributed by atoms with Crippen LogP contribution in [0.1, 0.15) is 5.69 Å². The van der Waals surface area contributed by atoms with Crippen LogP contribution >= 0.6 is 0 Å². The number of nitriles is 1. The maximum Gasteiger partial charge on any atom is 0.158 e. The number of H-pyrrole nitrogens is 1. The first-order valence-electron chi connectivity index (χ1n) is 9.29. The molecule has 11 heteroatoms. The van der Waals surface area contributed by atoms with Crippen LogP contribution in [0.15, 0.2) is 30.9 Å². The minimum atomic E-state index is -0.0354. The highest BCUT2D eigenvalue weighted by molar-refractivity contribution is 5.75. The molecule has 0 amide bonds. The fourth-order valence-electron chi connectivity index (χ4n) is 2.96. The molecular formula is C19H20N8O3. The average molecular weight is 408 g/mol. The van der Waals surface area contributed by atoms with Gasteiger partial charge >= 0.3 is 0 Å². The fourth-order valence-corrected chi connectivity index (χ4v) is 2.96. The van der Waals surface area contributed by atoms with Gasteiger partial charge < -0.3 is 24.8 Å². The van der Waals surface area contributed by atoms with Crippen molar-refractivity contribution in [1.82, 2.24) is 30.5 Å². The number of ether oxygens (including phenoxy) is 3. The topological polar surface area (TPSA) is 143 Å². The van der Waals surface area contributed by atoms with Crippen LogP contribution in [-0.4, -0.2) is 64.7 Å². The van der Waals surface area contributed by atoms with Gasteiger partial charge in [-0.15, -0.1) is 0 Å². The minimum absolute atomic E-state index is 0.0354. The van der Waals surface area contributed by atoms with Gasteiger partial charge in [-0.2, -0.15) is 10.4 Å². The molecule has 1 aliphatic heterocycles. The summed E-state index contributed by atoms with van der Waals surface area (Å²) in [6.45, 7) is 2.62. The molecule has 1 fully saturated rings. The van der Waals surface area contributed by atoms with Gasteiger partial charge in [0.1, 0.15) is 30.3 Å². The molecule has 0 aliphatic carbocycles. The normalized spacial score (nSPS) is 15.9. The molecule has 0 aromatic carbocycles. The number of hydrogen-bond acceptors (Lipinski definition) is 10. The van der Waals surface area contributed by atoms with Crippen molar-refractivity contribution in [2.45, 2.75) is 6.10 Å². The van der Waals surface area contributed by atoms with Gasteiger partial charge in [-0.05, 0) is 0 Å². The van der Waals surface area contributed by atoms with Crippen LogP contribution < -0.4 is 20.1 Å². The van der Waals surface area contributed by atoms with Crippen LogP contribution in [0, 0.1) is 11.3 Å². The van der Waals surface area contributed by atoms with E-state index < -0.39 is 0 Å². The molecule has 0 bridgehead atoms. The summed E-state index contributed by atoms with van der Waals surface area (Å²) in [7, 11) is 1.57. The van der Waals surface area contributed by atoms with E-state index in [1.54, 1.807) is 25.6 Å². The van der Waals surface area contributed by atoms with E-state index in [0.717, 1.165) is 13.1 Å². The predicted molar refractivity (Wildman–Crippen MR) is 107 cm³/mol. The van der Waals surface area contributed by atoms with Crippen molar-refractivity contribution in [1.29, 1.82) is 5.26 Å². The molecule has 1 aliphatic rings. The number of hydrogen-bond donors (Lipinski definition) is 3. The van der Waals surface area contributed by atoms with Gasteiger partial charge in [0.2, 0.25) is 0 Å². The summed E-state index contributed by atoms with van der Waals surface area (Å²) in [6, 6.07) is 3.72. The molecule has 0 saturated carbocycles. The zero-order chi connectivity index (χ0) is 20.8. The molecule has 30 heavy (non-hydrogen) atoms. The molecule has 4 heterocycles. The summed E-state index contributed by atoms with van der Waals surface area (Å²) >= 11 is 0. The zero-order valence-electron chi connectivity index (χ0n) is 16.3. The van der Waals surface area contributed by atoms with Crippen molar-refractivity contribution in [2.75, 3.05) is 38.7 Å². The third-order valence-corrected chi connectivity index (χ3v) is 4.40. The van der Waals surface area contributed by atoms with Crippen LogP contribution in [0.2, 0.25) is 0 Å². The van der Waals surface area contributed by atoms with Gasteiger partial charge in [-0.25, -0.2) is 9.97 Å². The van der Waals surface area contributed by atoms with E-state index in [1.165, 1.54) is 12.4 Å². The number of morpholine rings is 1. The van der Waals surface area contributed by atoms with Crippen molar-refractivity contribution >= 4 is 11.6 Å². The lowest BCUT2D eigenvalue weighted by molar-refractivity contribution is 0.000209. The molecule has 11 nitrogen and oxygen atoms in total. The molecule has 0 radical (unpaired) electrons. The highest BCUT2D eigenvalue weighted by atomic mass is 16.5. The summed E-state index contributed by atoms with van der Waals surface area (Å²) in [5.74, 6) is 2.08. The van der Waals surface area contributed by atoms with Crippen molar-refractivity contribution in [2.24, 2.45) is 0 Å². The average Bonchev–Trinajstić information content (AvgIpc) is 3.26. The van der Waals surface area contributed by atoms with Gasteiger partial charge in [0, 0.05) is 19.2 Å². The Labute approximate surface area is 172 Å². The van der Waals surface area contributed by atoms with Gasteiger partial charge in [-0.1, -0.05) is 0 Å². The Hall–Kier alpha value is -3.75. The van der Waals surface area contributed by atoms with Gasteiger partial charge in [0.05, 0.1) is 49.8 Å². The number of aromatic nitrogens is 5. The third kappa shape index (κ3) is 4.45. The summed E-state index contributed by atoms with van der Waals surface area (Å²) in [6.07, 6.45) is 6.06. The molecule has 3 N–H and O–H groups in total. The van der Waals surface area contributed by atoms with Crippen LogP contribution in [0.25, 0.3) is 11.3 Å². The number of rotatable bonds is 7. The number of aromatic amines is 1. The predicted octanol–water partition coefficient (Wildman–Crippen LogP) is 1.25. The number of nitrogens with one attached hydrogen (secondary N) is 3. The summed E-state index contributed by atoms with van der Waals surface area (Å²) in [5, 5.41) is 22.4. The van der Waals surface area contributed by atoms with Gasteiger partial charge in [-0.3, -0.25) is 10.1 Å². The minimum Gasteiger partial charge on any atom is -0.494 e. The third-order valence-electron chi connectivity index (χ3n) is 4.40. The smallest absolute Gasteiger partial charge is 0.158 e. The lowest BCUT2D eigenvalue weighted by atomic mass is 10.1. The maximum absolute atomic E-state index is 8.82. The number of methoxy groups -OCH3 is 1. The second-order valence-electron chi connectivity index (χ2n) is 6.41. The molecule has 3 aromatic heterocycles. The largest absolute Gasteiger partial charge is 0.494 e. The molecule has 3 aromatic rings. The Bertz CT molecular complexity index is 1030. The Kier molecular flexibility index (Phi) is 5.98. The first-order chi connectivity index (χ1) is 14.8. The molecule has 0 spiro atoms. The van der Waals surface area contributed by atoms with Crippen molar-refractivity contribution in [3.05, 3.63) is 36.5 Å². The van der Waals surface area contributed by atoms with E-state index in [1.807, 2.05) is 6.07 Å². The van der Waals surface area contributed by atoms with Crippen LogP contribution in [0.3, 0.4) is 0 Å². The zero-order valence-corrected chi connectivity index (χ0v) is 16.3. The molecule has 1 saturated heterocycles. The Morgan fingerprint density at radius 2 is 2.13 bits per heavy atom. The maximum atomic E-state index is 8.82.